The van der Waals surface area contributed by atoms with E-state index < -0.39 is 0 Å². The van der Waals surface area contributed by atoms with E-state index in [1.807, 2.05) is 73.4 Å². The molecule has 704 valence electrons. The van der Waals surface area contributed by atoms with E-state index in [-0.39, 0.29) is 0 Å². The van der Waals surface area contributed by atoms with Crippen molar-refractivity contribution in [2.75, 3.05) is 0 Å². The van der Waals surface area contributed by atoms with E-state index in [0.29, 0.717) is 0 Å². The van der Waals surface area contributed by atoms with Crippen LogP contribution in [0.5, 0.6) is 0 Å². The van der Waals surface area contributed by atoms with Gasteiger partial charge in [-0.2, -0.15) is 0 Å². The Morgan fingerprint density at radius 2 is 0.287 bits per heavy atom. The van der Waals surface area contributed by atoms with Crippen molar-refractivity contribution in [2.45, 2.75) is 0 Å². The minimum atomic E-state index is 0.932. The van der Waals surface area contributed by atoms with Gasteiger partial charge in [-0.3, -0.25) is 15.0 Å². The van der Waals surface area contributed by atoms with Gasteiger partial charge in [0.1, 0.15) is 0 Å². The maximum absolute atomic E-state index is 5.30. The molecular formula is C144H98N6. The lowest BCUT2D eigenvalue weighted by atomic mass is 9.94. The second kappa shape index (κ2) is 42.9. The van der Waals surface area contributed by atoms with Crippen molar-refractivity contribution >= 4 is 32.3 Å². The second-order valence-electron chi connectivity index (χ2n) is 37.6. The van der Waals surface area contributed by atoms with Crippen LogP contribution in [0.1, 0.15) is 0 Å². The van der Waals surface area contributed by atoms with Crippen molar-refractivity contribution in [3.8, 4) is 223 Å². The number of nitrogens with zero attached hydrogens (tertiary/aromatic N) is 6. The molecule has 6 nitrogen and oxygen atoms in total. The number of benzene rings is 20. The van der Waals surface area contributed by atoms with E-state index in [1.54, 1.807) is 0 Å². The number of aromatic nitrogens is 6. The number of rotatable bonds is 20. The lowest BCUT2D eigenvalue weighted by molar-refractivity contribution is 1.29. The van der Waals surface area contributed by atoms with E-state index >= 15 is 0 Å². The van der Waals surface area contributed by atoms with Gasteiger partial charge in [-0.25, -0.2) is 15.0 Å². The molecule has 150 heavy (non-hydrogen) atoms. The van der Waals surface area contributed by atoms with Crippen LogP contribution >= 0.6 is 0 Å². The van der Waals surface area contributed by atoms with Crippen LogP contribution in [0.3, 0.4) is 0 Å². The van der Waals surface area contributed by atoms with Crippen molar-refractivity contribution in [3.63, 3.8) is 0 Å². The zero-order valence-corrected chi connectivity index (χ0v) is 82.3. The van der Waals surface area contributed by atoms with Gasteiger partial charge in [0, 0.05) is 86.1 Å². The van der Waals surface area contributed by atoms with Gasteiger partial charge in [0.05, 0.1) is 39.9 Å². The Morgan fingerprint density at radius 3 is 0.547 bits per heavy atom. The number of pyridine rings is 6. The van der Waals surface area contributed by atoms with Crippen molar-refractivity contribution < 1.29 is 0 Å². The minimum Gasteiger partial charge on any atom is -0.265 e. The molecule has 0 fully saturated rings. The molecule has 6 aromatic heterocycles. The number of fused-ring (bicyclic) bond motifs is 3. The van der Waals surface area contributed by atoms with Gasteiger partial charge < -0.3 is 0 Å². The van der Waals surface area contributed by atoms with Gasteiger partial charge in [-0.05, 0) is 288 Å². The molecule has 0 saturated heterocycles. The molecule has 0 aliphatic heterocycles. The summed E-state index contributed by atoms with van der Waals surface area (Å²) in [6.45, 7) is 0. The summed E-state index contributed by atoms with van der Waals surface area (Å²) in [5, 5.41) is 6.87. The molecule has 20 aromatic carbocycles. The average Bonchev–Trinajstić information content (AvgIpc) is 0.772. The molecule has 0 bridgehead atoms. The standard InChI is InChI=1S/2C50H34N2.C44H30N2/c1-3-13-35(14-4-1)37-18-9-19-38(29-37)39-20-10-21-40(30-39)41-22-11-23-42(31-41)43-24-12-25-45(32-43)49-33-44-17-7-8-26-47(44)50(52-49)46-27-28-48(51-34-46)36-15-5-2-6-16-36;1-2-10-35(11-3-1)39-13-6-14-40(30-39)41-15-7-16-42(31-41)43-17-8-18-44(32-43)45-19-9-20-47(33-45)49-34-46-12-4-5-21-48(46)50(52-49)38-24-22-36(23-25-38)37-26-28-51-29-27-37;1-2-10-31(11-3-1)33-13-6-14-34(26-33)35-15-7-16-36(27-35)37-17-8-18-38(28-37)39-19-9-20-41(29-39)43-30-40-12-4-5-21-42(40)44(46-43)32-22-24-45-25-23-32/h2*1-34H;1-30H. The molecule has 6 heterocycles. The molecule has 0 aliphatic carbocycles. The predicted molar refractivity (Wildman–Crippen MR) is 627 cm³/mol. The molecule has 0 amide bonds. The second-order valence-corrected chi connectivity index (χ2v) is 37.6. The minimum absolute atomic E-state index is 0.932. The van der Waals surface area contributed by atoms with Crippen LogP contribution in [-0.2, 0) is 0 Å². The zero-order chi connectivity index (χ0) is 100. The van der Waals surface area contributed by atoms with E-state index in [2.05, 4.69) is 532 Å². The maximum Gasteiger partial charge on any atom is 0.0803 e. The van der Waals surface area contributed by atoms with Gasteiger partial charge in [0.25, 0.3) is 0 Å². The molecule has 6 heteroatoms. The van der Waals surface area contributed by atoms with Crippen LogP contribution in [0.15, 0.2) is 595 Å². The molecular weight excluding hydrogens is 1810 g/mol. The lowest BCUT2D eigenvalue weighted by Gasteiger charge is -2.12. The SMILES string of the molecule is c1ccc(-c2cccc(-c3cccc(-c4cccc(-c5cccc(-c6cc7ccccc7c(-c7ccc(-c8ccccc8)nc7)n6)c5)c4)c3)c2)cc1.c1ccc(-c2cccc(-c3cccc(-c4cccc(-c5cccc(-c6cc7ccccc7c(-c7ccc(-c8ccncc8)cc7)n6)c5)c4)c3)c2)cc1.c1ccc(-c2cccc(-c3cccc(-c4cccc(-c5cccc(-c6cc7ccccc7c(-c7ccncc7)n6)c5)c4)c3)c2)cc1. The van der Waals surface area contributed by atoms with Crippen molar-refractivity contribution in [1.82, 2.24) is 29.9 Å². The quantitative estimate of drug-likeness (QED) is 0.0757. The molecule has 0 radical (unpaired) electrons. The first-order valence-corrected chi connectivity index (χ1v) is 50.8. The van der Waals surface area contributed by atoms with Crippen LogP contribution in [-0.4, -0.2) is 29.9 Å². The summed E-state index contributed by atoms with van der Waals surface area (Å²) >= 11 is 0. The Bertz CT molecular complexity index is 8970. The molecule has 0 atom stereocenters. The van der Waals surface area contributed by atoms with Crippen LogP contribution in [0.25, 0.3) is 256 Å². The Kier molecular flexibility index (Phi) is 26.5. The molecule has 0 saturated carbocycles. The third-order valence-electron chi connectivity index (χ3n) is 28.0. The van der Waals surface area contributed by atoms with Crippen molar-refractivity contribution in [2.24, 2.45) is 0 Å². The van der Waals surface area contributed by atoms with E-state index in [9.17, 15) is 0 Å². The number of hydrogen-bond acceptors (Lipinski definition) is 6. The first-order chi connectivity index (χ1) is 74.3. The highest BCUT2D eigenvalue weighted by atomic mass is 14.8. The van der Waals surface area contributed by atoms with Gasteiger partial charge in [-0.15, -0.1) is 0 Å². The fraction of sp³-hybridized carbons (Fsp3) is 0. The monoisotopic (exact) mass is 1910 g/mol. The fourth-order valence-electron chi connectivity index (χ4n) is 20.3. The third kappa shape index (κ3) is 20.6. The first kappa shape index (κ1) is 92.5. The van der Waals surface area contributed by atoms with E-state index in [4.69, 9.17) is 19.9 Å². The molecule has 26 rings (SSSR count). The van der Waals surface area contributed by atoms with E-state index in [1.165, 1.54) is 122 Å². The maximum atomic E-state index is 5.30. The Labute approximate surface area is 874 Å². The summed E-state index contributed by atoms with van der Waals surface area (Å²) in [5.41, 5.74) is 45.1. The molecule has 26 aromatic rings. The summed E-state index contributed by atoms with van der Waals surface area (Å²) < 4.78 is 0. The summed E-state index contributed by atoms with van der Waals surface area (Å²) in [7, 11) is 0. The average molecular weight is 1910 g/mol. The zero-order valence-electron chi connectivity index (χ0n) is 82.3. The molecule has 0 spiro atoms. The summed E-state index contributed by atoms with van der Waals surface area (Å²) in [5.74, 6) is 0. The topological polar surface area (TPSA) is 77.3 Å². The van der Waals surface area contributed by atoms with Crippen molar-refractivity contribution in [1.29, 1.82) is 0 Å². The molecule has 0 aliphatic rings. The van der Waals surface area contributed by atoms with Gasteiger partial charge in [0.2, 0.25) is 0 Å². The van der Waals surface area contributed by atoms with Crippen LogP contribution < -0.4 is 0 Å². The highest BCUT2D eigenvalue weighted by Crippen LogP contribution is 2.43. The summed E-state index contributed by atoms with van der Waals surface area (Å²) in [6, 6.07) is 200. The molecule has 0 unspecified atom stereocenters. The highest BCUT2D eigenvalue weighted by Gasteiger charge is 2.20. The van der Waals surface area contributed by atoms with Crippen LogP contribution in [0, 0.1) is 0 Å². The van der Waals surface area contributed by atoms with Crippen LogP contribution in [0.4, 0.5) is 0 Å². The third-order valence-corrected chi connectivity index (χ3v) is 28.0. The Hall–Kier alpha value is -19.9. The molecule has 0 N–H and O–H groups in total. The summed E-state index contributed by atoms with van der Waals surface area (Å²) in [4.78, 5) is 28.9. The predicted octanol–water partition coefficient (Wildman–Crippen LogP) is 38.2. The smallest absolute Gasteiger partial charge is 0.0803 e. The fourth-order valence-corrected chi connectivity index (χ4v) is 20.3. The normalized spacial score (nSPS) is 11.1. The largest absolute Gasteiger partial charge is 0.265 e. The van der Waals surface area contributed by atoms with Crippen molar-refractivity contribution in [3.05, 3.63) is 595 Å². The van der Waals surface area contributed by atoms with Gasteiger partial charge in [-0.1, -0.05) is 437 Å². The number of hydrogen-bond donors (Lipinski definition) is 0. The van der Waals surface area contributed by atoms with Gasteiger partial charge in [0.15, 0.2) is 0 Å². The van der Waals surface area contributed by atoms with Crippen LogP contribution in [0.2, 0.25) is 0 Å². The van der Waals surface area contributed by atoms with E-state index in [0.717, 1.165) is 134 Å². The summed E-state index contributed by atoms with van der Waals surface area (Å²) in [6.07, 6.45) is 9.25. The Balaban J connectivity index is 0.000000120. The Morgan fingerprint density at radius 1 is 0.107 bits per heavy atom. The lowest BCUT2D eigenvalue weighted by Crippen LogP contribution is -1.93. The first-order valence-electron chi connectivity index (χ1n) is 50.8. The highest BCUT2D eigenvalue weighted by molar-refractivity contribution is 6.01. The van der Waals surface area contributed by atoms with Gasteiger partial charge >= 0.3 is 0 Å².